The van der Waals surface area contributed by atoms with E-state index in [-0.39, 0.29) is 5.91 Å². The van der Waals surface area contributed by atoms with Crippen LogP contribution in [0, 0.1) is 0 Å². The fourth-order valence-corrected chi connectivity index (χ4v) is 2.07. The summed E-state index contributed by atoms with van der Waals surface area (Å²) in [6, 6.07) is 8.76. The van der Waals surface area contributed by atoms with Crippen LogP contribution in [0.5, 0.6) is 0 Å². The van der Waals surface area contributed by atoms with Crippen LogP contribution >= 0.6 is 0 Å². The predicted molar refractivity (Wildman–Crippen MR) is 82.1 cm³/mol. The van der Waals surface area contributed by atoms with Crippen molar-refractivity contribution in [3.8, 4) is 0 Å². The van der Waals surface area contributed by atoms with E-state index < -0.39 is 17.6 Å². The summed E-state index contributed by atoms with van der Waals surface area (Å²) in [6.07, 6.45) is 0.979. The summed E-state index contributed by atoms with van der Waals surface area (Å²) in [5, 5.41) is 14.9. The van der Waals surface area contributed by atoms with Crippen LogP contribution in [-0.4, -0.2) is 35.1 Å². The highest BCUT2D eigenvalue weighted by Gasteiger charge is 2.30. The van der Waals surface area contributed by atoms with Crippen LogP contribution in [0.25, 0.3) is 0 Å². The van der Waals surface area contributed by atoms with Gasteiger partial charge in [0.1, 0.15) is 6.04 Å². The largest absolute Gasteiger partial charge is 0.480 e. The van der Waals surface area contributed by atoms with Crippen molar-refractivity contribution in [2.24, 2.45) is 0 Å². The molecule has 0 heterocycles. The quantitative estimate of drug-likeness (QED) is 0.679. The normalized spacial score (nSPS) is 12.7. The third-order valence-electron chi connectivity index (χ3n) is 3.35. The van der Waals surface area contributed by atoms with Crippen LogP contribution in [0.2, 0.25) is 0 Å². The standard InChI is InChI=1S/C16H24N2O3/c1-4-17-16(2,3)15(21)18-13(14(19)20)11-10-12-8-6-5-7-9-12/h5-9,13,17H,4,10-11H2,1-3H3,(H,18,21)(H,19,20)/t13-/m0/s1. The number of carboxylic acid groups (broad SMARTS) is 1. The van der Waals surface area contributed by atoms with Gasteiger partial charge in [0.2, 0.25) is 5.91 Å². The van der Waals surface area contributed by atoms with Gasteiger partial charge in [0.25, 0.3) is 0 Å². The molecule has 5 heteroatoms. The molecule has 0 aliphatic rings. The molecule has 3 N–H and O–H groups in total. The van der Waals surface area contributed by atoms with E-state index in [2.05, 4.69) is 10.6 Å². The van der Waals surface area contributed by atoms with Gasteiger partial charge in [-0.3, -0.25) is 4.79 Å². The average molecular weight is 292 g/mol. The smallest absolute Gasteiger partial charge is 0.326 e. The van der Waals surface area contributed by atoms with Crippen molar-refractivity contribution < 1.29 is 14.7 Å². The summed E-state index contributed by atoms with van der Waals surface area (Å²) in [7, 11) is 0. The number of carboxylic acids is 1. The van der Waals surface area contributed by atoms with Gasteiger partial charge in [-0.1, -0.05) is 37.3 Å². The van der Waals surface area contributed by atoms with Gasteiger partial charge in [0.05, 0.1) is 5.54 Å². The van der Waals surface area contributed by atoms with Crippen molar-refractivity contribution in [3.63, 3.8) is 0 Å². The Labute approximate surface area is 125 Å². The monoisotopic (exact) mass is 292 g/mol. The fraction of sp³-hybridized carbons (Fsp3) is 0.500. The van der Waals surface area contributed by atoms with Crippen LogP contribution < -0.4 is 10.6 Å². The van der Waals surface area contributed by atoms with Crippen molar-refractivity contribution in [2.45, 2.75) is 45.2 Å². The van der Waals surface area contributed by atoms with E-state index in [4.69, 9.17) is 0 Å². The summed E-state index contributed by atoms with van der Waals surface area (Å²) < 4.78 is 0. The zero-order valence-corrected chi connectivity index (χ0v) is 12.8. The van der Waals surface area contributed by atoms with Gasteiger partial charge in [-0.05, 0) is 38.8 Å². The minimum absolute atomic E-state index is 0.301. The molecule has 0 aliphatic heterocycles. The summed E-state index contributed by atoms with van der Waals surface area (Å²) >= 11 is 0. The minimum atomic E-state index is -1.01. The van der Waals surface area contributed by atoms with Gasteiger partial charge >= 0.3 is 5.97 Å². The van der Waals surface area contributed by atoms with Crippen molar-refractivity contribution in [1.82, 2.24) is 10.6 Å². The van der Waals surface area contributed by atoms with E-state index in [1.165, 1.54) is 0 Å². The van der Waals surface area contributed by atoms with Crippen LogP contribution in [0.1, 0.15) is 32.8 Å². The minimum Gasteiger partial charge on any atom is -0.480 e. The van der Waals surface area contributed by atoms with Crippen molar-refractivity contribution in [3.05, 3.63) is 35.9 Å². The summed E-state index contributed by atoms with van der Waals surface area (Å²) in [6.45, 7) is 6.02. The van der Waals surface area contributed by atoms with Gasteiger partial charge in [0.15, 0.2) is 0 Å². The maximum absolute atomic E-state index is 12.1. The molecule has 0 aromatic heterocycles. The number of likely N-dealkylation sites (N-methyl/N-ethyl adjacent to an activating group) is 1. The number of benzene rings is 1. The van der Waals surface area contributed by atoms with Gasteiger partial charge in [-0.2, -0.15) is 0 Å². The number of hydrogen-bond acceptors (Lipinski definition) is 3. The van der Waals surface area contributed by atoms with E-state index >= 15 is 0 Å². The zero-order valence-electron chi connectivity index (χ0n) is 12.8. The Bertz CT molecular complexity index is 472. The Morgan fingerprint density at radius 2 is 1.86 bits per heavy atom. The molecule has 0 saturated carbocycles. The molecule has 1 aromatic rings. The first-order chi connectivity index (χ1) is 9.86. The molecule has 1 amide bonds. The maximum Gasteiger partial charge on any atom is 0.326 e. The highest BCUT2D eigenvalue weighted by Crippen LogP contribution is 2.08. The van der Waals surface area contributed by atoms with Crippen LogP contribution in [0.4, 0.5) is 0 Å². The molecule has 5 nitrogen and oxygen atoms in total. The predicted octanol–water partition coefficient (Wildman–Crippen LogP) is 1.58. The molecule has 116 valence electrons. The number of carbonyl (C=O) groups is 2. The van der Waals surface area contributed by atoms with Crippen molar-refractivity contribution >= 4 is 11.9 Å². The highest BCUT2D eigenvalue weighted by atomic mass is 16.4. The molecular weight excluding hydrogens is 268 g/mol. The van der Waals surface area contributed by atoms with Crippen LogP contribution in [0.15, 0.2) is 30.3 Å². The van der Waals surface area contributed by atoms with Gasteiger partial charge in [-0.25, -0.2) is 4.79 Å². The molecule has 21 heavy (non-hydrogen) atoms. The summed E-state index contributed by atoms with van der Waals surface area (Å²) in [5.41, 5.74) is 0.277. The summed E-state index contributed by atoms with van der Waals surface area (Å²) in [4.78, 5) is 23.4. The Morgan fingerprint density at radius 1 is 1.24 bits per heavy atom. The van der Waals surface area contributed by atoms with Crippen LogP contribution in [0.3, 0.4) is 0 Å². The number of aliphatic carboxylic acids is 1. The topological polar surface area (TPSA) is 78.4 Å². The van der Waals surface area contributed by atoms with Crippen molar-refractivity contribution in [2.75, 3.05) is 6.54 Å². The van der Waals surface area contributed by atoms with E-state index in [1.54, 1.807) is 13.8 Å². The highest BCUT2D eigenvalue weighted by molar-refractivity contribution is 5.89. The first-order valence-electron chi connectivity index (χ1n) is 7.19. The van der Waals surface area contributed by atoms with E-state index in [0.717, 1.165) is 5.56 Å². The number of amides is 1. The second kappa shape index (κ2) is 7.78. The lowest BCUT2D eigenvalue weighted by atomic mass is 10.0. The lowest BCUT2D eigenvalue weighted by Gasteiger charge is -2.26. The first kappa shape index (κ1) is 17.2. The maximum atomic E-state index is 12.1. The number of aryl methyl sites for hydroxylation is 1. The Balaban J connectivity index is 2.62. The molecular formula is C16H24N2O3. The molecule has 0 fully saturated rings. The average Bonchev–Trinajstić information content (AvgIpc) is 2.43. The number of carbonyl (C=O) groups excluding carboxylic acids is 1. The molecule has 1 rings (SSSR count). The molecule has 0 unspecified atom stereocenters. The van der Waals surface area contributed by atoms with Crippen LogP contribution in [-0.2, 0) is 16.0 Å². The molecule has 1 atom stereocenters. The van der Waals surface area contributed by atoms with Gasteiger partial charge < -0.3 is 15.7 Å². The Kier molecular flexibility index (Phi) is 6.37. The molecule has 0 radical (unpaired) electrons. The van der Waals surface area contributed by atoms with Gasteiger partial charge in [-0.15, -0.1) is 0 Å². The molecule has 0 aliphatic carbocycles. The van der Waals surface area contributed by atoms with E-state index in [0.29, 0.717) is 19.4 Å². The third-order valence-corrected chi connectivity index (χ3v) is 3.35. The Morgan fingerprint density at radius 3 is 2.38 bits per heavy atom. The zero-order chi connectivity index (χ0) is 15.9. The molecule has 0 saturated heterocycles. The second-order valence-electron chi connectivity index (χ2n) is 5.54. The lowest BCUT2D eigenvalue weighted by Crippen LogP contribution is -2.56. The van der Waals surface area contributed by atoms with E-state index in [9.17, 15) is 14.7 Å². The molecule has 0 bridgehead atoms. The number of nitrogens with one attached hydrogen (secondary N) is 2. The van der Waals surface area contributed by atoms with Crippen molar-refractivity contribution in [1.29, 1.82) is 0 Å². The lowest BCUT2D eigenvalue weighted by molar-refractivity contribution is -0.142. The third kappa shape index (κ3) is 5.55. The first-order valence-corrected chi connectivity index (χ1v) is 7.19. The molecule has 0 spiro atoms. The van der Waals surface area contributed by atoms with Gasteiger partial charge in [0, 0.05) is 0 Å². The Hall–Kier alpha value is -1.88. The number of hydrogen-bond donors (Lipinski definition) is 3. The number of rotatable bonds is 8. The summed E-state index contributed by atoms with van der Waals surface area (Å²) in [5.74, 6) is -1.31. The molecule has 1 aromatic carbocycles. The SMILES string of the molecule is CCNC(C)(C)C(=O)N[C@@H](CCc1ccccc1)C(=O)O. The second-order valence-corrected chi connectivity index (χ2v) is 5.54. The van der Waals surface area contributed by atoms with E-state index in [1.807, 2.05) is 37.3 Å². The fourth-order valence-electron chi connectivity index (χ4n) is 2.07.